The van der Waals surface area contributed by atoms with Gasteiger partial charge in [-0.15, -0.1) is 0 Å². The summed E-state index contributed by atoms with van der Waals surface area (Å²) in [5, 5.41) is 23.2. The maximum absolute atomic E-state index is 12.1. The van der Waals surface area contributed by atoms with Gasteiger partial charge < -0.3 is 10.4 Å². The van der Waals surface area contributed by atoms with E-state index >= 15 is 0 Å². The Balaban J connectivity index is 2.34. The van der Waals surface area contributed by atoms with Crippen LogP contribution in [0.2, 0.25) is 10.0 Å². The van der Waals surface area contributed by atoms with E-state index in [1.165, 1.54) is 0 Å². The minimum atomic E-state index is -0.722. The van der Waals surface area contributed by atoms with Gasteiger partial charge >= 0.3 is 0 Å². The Morgan fingerprint density at radius 1 is 1.19 bits per heavy atom. The van der Waals surface area contributed by atoms with E-state index in [0.717, 1.165) is 12.1 Å². The smallest absolute Gasteiger partial charge is 0.271 e. The molecule has 108 valence electrons. The molecule has 0 saturated heterocycles. The van der Waals surface area contributed by atoms with Crippen molar-refractivity contribution in [2.75, 3.05) is 5.32 Å². The van der Waals surface area contributed by atoms with Crippen molar-refractivity contribution in [3.05, 3.63) is 62.1 Å². The number of non-ortho nitro benzene ring substituents is 1. The van der Waals surface area contributed by atoms with Gasteiger partial charge in [-0.1, -0.05) is 23.2 Å². The molecule has 0 radical (unpaired) electrons. The Bertz CT molecular complexity index is 717. The second-order valence-corrected chi connectivity index (χ2v) is 4.89. The number of hydrogen-bond donors (Lipinski definition) is 2. The van der Waals surface area contributed by atoms with Crippen LogP contribution in [0.4, 0.5) is 11.4 Å². The molecule has 2 rings (SSSR count). The van der Waals surface area contributed by atoms with E-state index in [0.29, 0.717) is 10.7 Å². The first kappa shape index (κ1) is 15.1. The van der Waals surface area contributed by atoms with Gasteiger partial charge in [-0.05, 0) is 24.3 Å². The van der Waals surface area contributed by atoms with Gasteiger partial charge in [0.25, 0.3) is 11.6 Å². The second-order valence-electron chi connectivity index (χ2n) is 4.04. The van der Waals surface area contributed by atoms with Crippen LogP contribution < -0.4 is 5.32 Å². The van der Waals surface area contributed by atoms with Crippen molar-refractivity contribution in [2.45, 2.75) is 0 Å². The number of amides is 1. The van der Waals surface area contributed by atoms with Gasteiger partial charge in [0, 0.05) is 22.8 Å². The summed E-state index contributed by atoms with van der Waals surface area (Å²) in [5.74, 6) is -1.24. The first-order chi connectivity index (χ1) is 9.88. The van der Waals surface area contributed by atoms with Crippen LogP contribution in [0.1, 0.15) is 10.4 Å². The van der Waals surface area contributed by atoms with Crippen LogP contribution in [0.5, 0.6) is 5.75 Å². The molecule has 2 N–H and O–H groups in total. The highest BCUT2D eigenvalue weighted by atomic mass is 35.5. The van der Waals surface area contributed by atoms with Crippen molar-refractivity contribution >= 4 is 40.5 Å². The summed E-state index contributed by atoms with van der Waals surface area (Å²) in [6, 6.07) is 8.16. The van der Waals surface area contributed by atoms with Crippen molar-refractivity contribution in [3.8, 4) is 5.75 Å². The number of rotatable bonds is 3. The van der Waals surface area contributed by atoms with Gasteiger partial charge in [0.2, 0.25) is 0 Å². The molecule has 0 spiro atoms. The molecule has 0 atom stereocenters. The number of carbonyl (C=O) groups excluding carboxylic acids is 1. The molecule has 0 bridgehead atoms. The minimum absolute atomic E-state index is 0.273. The number of aromatic hydroxyl groups is 1. The van der Waals surface area contributed by atoms with Crippen molar-refractivity contribution in [1.82, 2.24) is 0 Å². The summed E-state index contributed by atoms with van der Waals surface area (Å²) in [6.45, 7) is 0. The largest absolute Gasteiger partial charge is 0.506 e. The molecule has 0 aromatic heterocycles. The molecular formula is C13H8Cl2N2O4. The van der Waals surface area contributed by atoms with Crippen LogP contribution in [0.3, 0.4) is 0 Å². The van der Waals surface area contributed by atoms with Gasteiger partial charge in [0.1, 0.15) is 5.75 Å². The lowest BCUT2D eigenvalue weighted by Gasteiger charge is -2.08. The van der Waals surface area contributed by atoms with Crippen molar-refractivity contribution in [2.24, 2.45) is 0 Å². The highest BCUT2D eigenvalue weighted by Gasteiger charge is 2.20. The number of phenols is 1. The number of carbonyl (C=O) groups is 1. The molecule has 0 aliphatic heterocycles. The topological polar surface area (TPSA) is 92.5 Å². The molecule has 0 aliphatic rings. The minimum Gasteiger partial charge on any atom is -0.506 e. The van der Waals surface area contributed by atoms with Crippen LogP contribution in [0, 0.1) is 10.1 Å². The van der Waals surface area contributed by atoms with E-state index in [-0.39, 0.29) is 16.3 Å². The maximum Gasteiger partial charge on any atom is 0.271 e. The molecule has 0 heterocycles. The number of nitrogens with one attached hydrogen (secondary N) is 1. The Morgan fingerprint density at radius 2 is 1.81 bits per heavy atom. The van der Waals surface area contributed by atoms with E-state index in [1.807, 2.05) is 0 Å². The molecule has 0 saturated carbocycles. The fourth-order valence-electron chi connectivity index (χ4n) is 1.59. The fraction of sp³-hybridized carbons (Fsp3) is 0. The molecule has 2 aromatic rings. The van der Waals surface area contributed by atoms with Crippen LogP contribution >= 0.6 is 23.2 Å². The summed E-state index contributed by atoms with van der Waals surface area (Å²) < 4.78 is 0. The van der Waals surface area contributed by atoms with E-state index in [2.05, 4.69) is 5.32 Å². The van der Waals surface area contributed by atoms with Crippen molar-refractivity contribution < 1.29 is 14.8 Å². The highest BCUT2D eigenvalue weighted by molar-refractivity contribution is 6.33. The van der Waals surface area contributed by atoms with Crippen molar-refractivity contribution in [3.63, 3.8) is 0 Å². The lowest BCUT2D eigenvalue weighted by atomic mass is 10.1. The lowest BCUT2D eigenvalue weighted by molar-refractivity contribution is -0.384. The third kappa shape index (κ3) is 3.42. The van der Waals surface area contributed by atoms with Gasteiger partial charge in [-0.3, -0.25) is 14.9 Å². The third-order valence-corrected chi connectivity index (χ3v) is 3.15. The normalized spacial score (nSPS) is 10.2. The van der Waals surface area contributed by atoms with E-state index < -0.39 is 16.6 Å². The molecule has 1 amide bonds. The first-order valence-corrected chi connectivity index (χ1v) is 6.38. The molecule has 0 fully saturated rings. The van der Waals surface area contributed by atoms with Crippen LogP contribution in [-0.4, -0.2) is 15.9 Å². The highest BCUT2D eigenvalue weighted by Crippen LogP contribution is 2.32. The Hall–Kier alpha value is -2.31. The number of benzene rings is 2. The van der Waals surface area contributed by atoms with Gasteiger partial charge in [0.15, 0.2) is 0 Å². The van der Waals surface area contributed by atoms with Crippen LogP contribution in [-0.2, 0) is 0 Å². The molecular weight excluding hydrogens is 319 g/mol. The summed E-state index contributed by atoms with van der Waals surface area (Å²) >= 11 is 11.4. The number of anilines is 1. The maximum atomic E-state index is 12.1. The SMILES string of the molecule is O=C(Nc1ccc(Cl)cc1)c1cc([N+](=O)[O-])cc(Cl)c1O. The summed E-state index contributed by atoms with van der Waals surface area (Å²) in [7, 11) is 0. The molecule has 0 unspecified atom stereocenters. The predicted octanol–water partition coefficient (Wildman–Crippen LogP) is 3.86. The third-order valence-electron chi connectivity index (χ3n) is 2.61. The van der Waals surface area contributed by atoms with Gasteiger partial charge in [-0.2, -0.15) is 0 Å². The average molecular weight is 327 g/mol. The zero-order valence-corrected chi connectivity index (χ0v) is 11.9. The molecule has 2 aromatic carbocycles. The Morgan fingerprint density at radius 3 is 2.38 bits per heavy atom. The average Bonchev–Trinajstić information content (AvgIpc) is 2.43. The number of nitro benzene ring substituents is 1. The number of phenolic OH excluding ortho intramolecular Hbond substituents is 1. The standard InChI is InChI=1S/C13H8Cl2N2O4/c14-7-1-3-8(4-2-7)16-13(19)10-5-9(17(20)21)6-11(15)12(10)18/h1-6,18H,(H,16,19). The van der Waals surface area contributed by atoms with E-state index in [4.69, 9.17) is 23.2 Å². The predicted molar refractivity (Wildman–Crippen MR) is 79.2 cm³/mol. The van der Waals surface area contributed by atoms with Gasteiger partial charge in [0.05, 0.1) is 15.5 Å². The Kier molecular flexibility index (Phi) is 4.30. The van der Waals surface area contributed by atoms with E-state index in [9.17, 15) is 20.0 Å². The van der Waals surface area contributed by atoms with E-state index in [1.54, 1.807) is 24.3 Å². The summed E-state index contributed by atoms with van der Waals surface area (Å²) in [4.78, 5) is 22.1. The number of nitrogens with zero attached hydrogens (tertiary/aromatic N) is 1. The summed E-state index contributed by atoms with van der Waals surface area (Å²) in [5.41, 5.74) is -0.255. The quantitative estimate of drug-likeness (QED) is 0.661. The molecule has 8 heteroatoms. The zero-order chi connectivity index (χ0) is 15.6. The lowest BCUT2D eigenvalue weighted by Crippen LogP contribution is -2.12. The number of hydrogen-bond acceptors (Lipinski definition) is 4. The van der Waals surface area contributed by atoms with Crippen LogP contribution in [0.25, 0.3) is 0 Å². The number of halogens is 2. The van der Waals surface area contributed by atoms with Crippen LogP contribution in [0.15, 0.2) is 36.4 Å². The first-order valence-electron chi connectivity index (χ1n) is 5.62. The molecule has 21 heavy (non-hydrogen) atoms. The van der Waals surface area contributed by atoms with Crippen molar-refractivity contribution in [1.29, 1.82) is 0 Å². The summed E-state index contributed by atoms with van der Waals surface area (Å²) in [6.07, 6.45) is 0. The fourth-order valence-corrected chi connectivity index (χ4v) is 1.93. The second kappa shape index (κ2) is 5.99. The molecule has 0 aliphatic carbocycles. The number of nitro groups is 1. The van der Waals surface area contributed by atoms with Gasteiger partial charge in [-0.25, -0.2) is 0 Å². The zero-order valence-electron chi connectivity index (χ0n) is 10.3. The molecule has 6 nitrogen and oxygen atoms in total. The monoisotopic (exact) mass is 326 g/mol. The Labute approximate surface area is 129 Å².